The molecule has 3 heterocycles. The second-order valence-corrected chi connectivity index (χ2v) is 7.17. The Bertz CT molecular complexity index is 882. The van der Waals surface area contributed by atoms with Gasteiger partial charge in [-0.25, -0.2) is 4.98 Å². The van der Waals surface area contributed by atoms with Crippen LogP contribution in [0, 0.1) is 0 Å². The maximum atomic E-state index is 12.7. The molecule has 0 aliphatic carbocycles. The predicted octanol–water partition coefficient (Wildman–Crippen LogP) is 1.51. The zero-order chi connectivity index (χ0) is 19.0. The van der Waals surface area contributed by atoms with Crippen molar-refractivity contribution in [2.45, 2.75) is 31.7 Å². The van der Waals surface area contributed by atoms with E-state index >= 15 is 0 Å². The monoisotopic (exact) mass is 366 g/mol. The molecule has 140 valence electrons. The van der Waals surface area contributed by atoms with Crippen LogP contribution < -0.4 is 0 Å². The van der Waals surface area contributed by atoms with Crippen LogP contribution in [0.15, 0.2) is 36.7 Å². The van der Waals surface area contributed by atoms with E-state index in [9.17, 15) is 14.4 Å². The number of hydrogen-bond acceptors (Lipinski definition) is 4. The summed E-state index contributed by atoms with van der Waals surface area (Å²) >= 11 is 0. The van der Waals surface area contributed by atoms with Gasteiger partial charge in [0.15, 0.2) is 0 Å². The largest absolute Gasteiger partial charge is 0.348 e. The summed E-state index contributed by atoms with van der Waals surface area (Å²) in [5, 5.41) is 0. The fourth-order valence-electron chi connectivity index (χ4n) is 4.38. The highest BCUT2D eigenvalue weighted by Gasteiger charge is 2.48. The van der Waals surface area contributed by atoms with Gasteiger partial charge in [-0.05, 0) is 12.8 Å². The molecule has 27 heavy (non-hydrogen) atoms. The van der Waals surface area contributed by atoms with Crippen LogP contribution in [-0.2, 0) is 21.5 Å². The van der Waals surface area contributed by atoms with Crippen molar-refractivity contribution >= 4 is 17.6 Å². The first-order valence-electron chi connectivity index (χ1n) is 9.22. The maximum absolute atomic E-state index is 12.7. The first-order chi connectivity index (χ1) is 13.0. The van der Waals surface area contributed by atoms with Crippen molar-refractivity contribution in [2.24, 2.45) is 0 Å². The molecule has 1 N–H and O–H groups in total. The van der Waals surface area contributed by atoms with Gasteiger partial charge in [0.2, 0.25) is 11.7 Å². The van der Waals surface area contributed by atoms with Gasteiger partial charge in [-0.3, -0.25) is 14.4 Å². The lowest BCUT2D eigenvalue weighted by molar-refractivity contribution is -0.141. The molecule has 4 rings (SSSR count). The van der Waals surface area contributed by atoms with Crippen molar-refractivity contribution in [3.05, 3.63) is 53.6 Å². The lowest BCUT2D eigenvalue weighted by Crippen LogP contribution is -2.59. The number of ketones is 1. The van der Waals surface area contributed by atoms with E-state index in [1.54, 1.807) is 42.4 Å². The number of likely N-dealkylation sites (tertiary alicyclic amines) is 1. The number of benzene rings is 1. The summed E-state index contributed by atoms with van der Waals surface area (Å²) in [6.45, 7) is 3.07. The Morgan fingerprint density at radius 1 is 1.07 bits per heavy atom. The van der Waals surface area contributed by atoms with Gasteiger partial charge in [0.25, 0.3) is 5.91 Å². The number of carbonyl (C=O) groups is 3. The van der Waals surface area contributed by atoms with Crippen LogP contribution >= 0.6 is 0 Å². The third kappa shape index (κ3) is 2.83. The van der Waals surface area contributed by atoms with Gasteiger partial charge in [0.1, 0.15) is 0 Å². The molecule has 2 aliphatic rings. The highest BCUT2D eigenvalue weighted by atomic mass is 16.2. The quantitative estimate of drug-likeness (QED) is 0.645. The standard InChI is InChI=1S/C20H22N4O3/c1-14(25)24-10-7-16-18(22-13-21-16)20(24)8-11-23(12-9-20)19(27)17(26)15-5-3-2-4-6-15/h2-6,13H,7-12H2,1H3,(H,21,22). The zero-order valence-electron chi connectivity index (χ0n) is 15.3. The van der Waals surface area contributed by atoms with Crippen molar-refractivity contribution in [1.82, 2.24) is 19.8 Å². The normalized spacial score (nSPS) is 18.3. The first kappa shape index (κ1) is 17.5. The molecule has 1 saturated heterocycles. The fourth-order valence-corrected chi connectivity index (χ4v) is 4.38. The number of nitrogens with one attached hydrogen (secondary N) is 1. The van der Waals surface area contributed by atoms with Crippen molar-refractivity contribution in [3.8, 4) is 0 Å². The third-order valence-corrected chi connectivity index (χ3v) is 5.75. The van der Waals surface area contributed by atoms with Gasteiger partial charge in [-0.2, -0.15) is 0 Å². The maximum Gasteiger partial charge on any atom is 0.294 e. The van der Waals surface area contributed by atoms with Crippen LogP contribution in [0.1, 0.15) is 41.5 Å². The molecule has 1 fully saturated rings. The van der Waals surface area contributed by atoms with Crippen LogP contribution in [0.5, 0.6) is 0 Å². The lowest BCUT2D eigenvalue weighted by Gasteiger charge is -2.50. The second kappa shape index (κ2) is 6.64. The number of aromatic amines is 1. The Labute approximate surface area is 157 Å². The highest BCUT2D eigenvalue weighted by Crippen LogP contribution is 2.42. The Kier molecular flexibility index (Phi) is 4.30. The first-order valence-corrected chi connectivity index (χ1v) is 9.22. The van der Waals surface area contributed by atoms with Crippen molar-refractivity contribution in [3.63, 3.8) is 0 Å². The van der Waals surface area contributed by atoms with E-state index in [2.05, 4.69) is 9.97 Å². The van der Waals surface area contributed by atoms with E-state index in [1.165, 1.54) is 0 Å². The molecule has 2 aliphatic heterocycles. The number of piperidine rings is 1. The average Bonchev–Trinajstić information content (AvgIpc) is 3.18. The Morgan fingerprint density at radius 2 is 1.78 bits per heavy atom. The predicted molar refractivity (Wildman–Crippen MR) is 97.9 cm³/mol. The van der Waals surface area contributed by atoms with Gasteiger partial charge >= 0.3 is 0 Å². The van der Waals surface area contributed by atoms with Crippen molar-refractivity contribution in [1.29, 1.82) is 0 Å². The van der Waals surface area contributed by atoms with Crippen molar-refractivity contribution < 1.29 is 14.4 Å². The molecule has 0 unspecified atom stereocenters. The topological polar surface area (TPSA) is 86.4 Å². The van der Waals surface area contributed by atoms with Crippen LogP contribution in [0.25, 0.3) is 0 Å². The number of Topliss-reactive ketones (excluding diaryl/α,β-unsaturated/α-hetero) is 1. The van der Waals surface area contributed by atoms with E-state index < -0.39 is 17.2 Å². The summed E-state index contributed by atoms with van der Waals surface area (Å²) in [5.41, 5.74) is 1.88. The molecule has 1 aromatic carbocycles. The molecular formula is C20H22N4O3. The van der Waals surface area contributed by atoms with Crippen molar-refractivity contribution in [2.75, 3.05) is 19.6 Å². The lowest BCUT2D eigenvalue weighted by atomic mass is 9.78. The molecule has 2 amide bonds. The molecule has 0 atom stereocenters. The Balaban J connectivity index is 1.55. The number of amides is 2. The SMILES string of the molecule is CC(=O)N1CCc2[nH]cnc2C12CCN(C(=O)C(=O)c1ccccc1)CC2. The number of fused-ring (bicyclic) bond motifs is 2. The number of rotatable bonds is 2. The van der Waals surface area contributed by atoms with Crippen LogP contribution in [0.3, 0.4) is 0 Å². The minimum Gasteiger partial charge on any atom is -0.348 e. The zero-order valence-corrected chi connectivity index (χ0v) is 15.3. The molecule has 1 spiro atoms. The number of carbonyl (C=O) groups excluding carboxylic acids is 3. The molecule has 2 aromatic rings. The molecule has 7 heteroatoms. The Morgan fingerprint density at radius 3 is 2.44 bits per heavy atom. The van der Waals surface area contributed by atoms with E-state index in [0.29, 0.717) is 38.0 Å². The van der Waals surface area contributed by atoms with E-state index in [1.807, 2.05) is 11.0 Å². The molecule has 7 nitrogen and oxygen atoms in total. The second-order valence-electron chi connectivity index (χ2n) is 7.17. The van der Waals surface area contributed by atoms with Crippen LogP contribution in [0.4, 0.5) is 0 Å². The molecule has 0 bridgehead atoms. The summed E-state index contributed by atoms with van der Waals surface area (Å²) in [6.07, 6.45) is 3.59. The number of aromatic nitrogens is 2. The summed E-state index contributed by atoms with van der Waals surface area (Å²) < 4.78 is 0. The minimum absolute atomic E-state index is 0.0174. The highest BCUT2D eigenvalue weighted by molar-refractivity contribution is 6.42. The van der Waals surface area contributed by atoms with Gasteiger partial charge < -0.3 is 14.8 Å². The number of H-pyrrole nitrogens is 1. The van der Waals surface area contributed by atoms with E-state index in [4.69, 9.17) is 0 Å². The van der Waals surface area contributed by atoms with Gasteiger partial charge in [0.05, 0.1) is 17.6 Å². The summed E-state index contributed by atoms with van der Waals surface area (Å²) in [5.74, 6) is -0.952. The summed E-state index contributed by atoms with van der Waals surface area (Å²) in [6, 6.07) is 8.61. The number of imidazole rings is 1. The number of hydrogen-bond donors (Lipinski definition) is 1. The Hall–Kier alpha value is -2.96. The summed E-state index contributed by atoms with van der Waals surface area (Å²) in [7, 11) is 0. The van der Waals surface area contributed by atoms with Gasteiger partial charge in [0, 0.05) is 44.2 Å². The third-order valence-electron chi connectivity index (χ3n) is 5.75. The number of nitrogens with zero attached hydrogens (tertiary/aromatic N) is 3. The van der Waals surface area contributed by atoms with E-state index in [-0.39, 0.29) is 5.91 Å². The fraction of sp³-hybridized carbons (Fsp3) is 0.400. The molecule has 1 aromatic heterocycles. The molecule has 0 radical (unpaired) electrons. The molecular weight excluding hydrogens is 344 g/mol. The average molecular weight is 366 g/mol. The van der Waals surface area contributed by atoms with Gasteiger partial charge in [-0.15, -0.1) is 0 Å². The van der Waals surface area contributed by atoms with Crippen LogP contribution in [0.2, 0.25) is 0 Å². The van der Waals surface area contributed by atoms with Crippen LogP contribution in [-0.4, -0.2) is 57.0 Å². The van der Waals surface area contributed by atoms with Gasteiger partial charge in [-0.1, -0.05) is 30.3 Å². The molecule has 0 saturated carbocycles. The van der Waals surface area contributed by atoms with E-state index in [0.717, 1.165) is 17.8 Å². The minimum atomic E-state index is -0.494. The smallest absolute Gasteiger partial charge is 0.294 e. The summed E-state index contributed by atoms with van der Waals surface area (Å²) in [4.78, 5) is 48.5.